The van der Waals surface area contributed by atoms with E-state index in [1.54, 1.807) is 12.3 Å². The first-order valence-electron chi connectivity index (χ1n) is 5.14. The number of amides is 1. The summed E-state index contributed by atoms with van der Waals surface area (Å²) in [5.41, 5.74) is 12.2. The Hall–Kier alpha value is -2.21. The van der Waals surface area contributed by atoms with Crippen LogP contribution in [0.25, 0.3) is 5.82 Å². The van der Waals surface area contributed by atoms with Crippen molar-refractivity contribution >= 4 is 5.91 Å². The summed E-state index contributed by atoms with van der Waals surface area (Å²) in [6.07, 6.45) is 4.63. The van der Waals surface area contributed by atoms with E-state index in [0.29, 0.717) is 11.4 Å². The molecule has 1 atom stereocenters. The number of rotatable bonds is 3. The lowest BCUT2D eigenvalue weighted by Crippen LogP contribution is -2.09. The van der Waals surface area contributed by atoms with E-state index in [2.05, 4.69) is 10.1 Å². The second-order valence-corrected chi connectivity index (χ2v) is 3.78. The summed E-state index contributed by atoms with van der Waals surface area (Å²) < 4.78 is 1.49. The Morgan fingerprint density at radius 1 is 1.41 bits per heavy atom. The topological polar surface area (TPSA) is 99.8 Å². The molecular formula is C11H13N5O. The molecule has 17 heavy (non-hydrogen) atoms. The molecule has 1 amide bonds. The van der Waals surface area contributed by atoms with Gasteiger partial charge >= 0.3 is 0 Å². The van der Waals surface area contributed by atoms with E-state index in [-0.39, 0.29) is 6.04 Å². The fourth-order valence-electron chi connectivity index (χ4n) is 1.38. The molecule has 1 unspecified atom stereocenters. The lowest BCUT2D eigenvalue weighted by atomic mass is 10.2. The van der Waals surface area contributed by atoms with E-state index >= 15 is 0 Å². The average molecular weight is 231 g/mol. The average Bonchev–Trinajstić information content (AvgIpc) is 2.78. The van der Waals surface area contributed by atoms with Crippen LogP contribution < -0.4 is 11.5 Å². The second kappa shape index (κ2) is 4.34. The van der Waals surface area contributed by atoms with Gasteiger partial charge in [0.05, 0.1) is 11.8 Å². The summed E-state index contributed by atoms with van der Waals surface area (Å²) in [5, 5.41) is 4.00. The number of aromatic nitrogens is 3. The van der Waals surface area contributed by atoms with Crippen LogP contribution in [0.1, 0.15) is 28.9 Å². The minimum absolute atomic E-state index is 0.0599. The summed E-state index contributed by atoms with van der Waals surface area (Å²) in [6, 6.07) is 3.60. The molecule has 0 aliphatic rings. The van der Waals surface area contributed by atoms with Crippen molar-refractivity contribution < 1.29 is 4.79 Å². The third-order valence-corrected chi connectivity index (χ3v) is 2.40. The summed E-state index contributed by atoms with van der Waals surface area (Å²) >= 11 is 0. The van der Waals surface area contributed by atoms with Crippen molar-refractivity contribution in [2.45, 2.75) is 13.0 Å². The minimum atomic E-state index is -0.511. The smallest absolute Gasteiger partial charge is 0.251 e. The lowest BCUT2D eigenvalue weighted by Gasteiger charge is -2.05. The number of primary amides is 1. The SMILES string of the molecule is CC(N)c1ccc(-n2cc(C(N)=O)cn2)nc1. The Bertz CT molecular complexity index is 529. The van der Waals surface area contributed by atoms with Gasteiger partial charge in [0, 0.05) is 18.4 Å². The van der Waals surface area contributed by atoms with Gasteiger partial charge in [-0.1, -0.05) is 6.07 Å². The summed E-state index contributed by atoms with van der Waals surface area (Å²) in [7, 11) is 0. The van der Waals surface area contributed by atoms with Gasteiger partial charge in [-0.2, -0.15) is 5.10 Å². The highest BCUT2D eigenvalue weighted by Gasteiger charge is 2.06. The molecule has 0 fully saturated rings. The van der Waals surface area contributed by atoms with E-state index in [0.717, 1.165) is 5.56 Å². The third kappa shape index (κ3) is 2.31. The van der Waals surface area contributed by atoms with E-state index in [1.807, 2.05) is 13.0 Å². The molecule has 4 N–H and O–H groups in total. The Morgan fingerprint density at radius 3 is 2.65 bits per heavy atom. The molecule has 2 rings (SSSR count). The Balaban J connectivity index is 2.30. The van der Waals surface area contributed by atoms with Crippen LogP contribution in [0.4, 0.5) is 0 Å². The van der Waals surface area contributed by atoms with Crippen molar-refractivity contribution in [2.24, 2.45) is 11.5 Å². The molecule has 6 nitrogen and oxygen atoms in total. The van der Waals surface area contributed by atoms with E-state index in [1.165, 1.54) is 17.1 Å². The van der Waals surface area contributed by atoms with Crippen molar-refractivity contribution in [1.29, 1.82) is 0 Å². The highest BCUT2D eigenvalue weighted by Crippen LogP contribution is 2.10. The highest BCUT2D eigenvalue weighted by molar-refractivity contribution is 5.92. The van der Waals surface area contributed by atoms with Crippen LogP contribution in [0, 0.1) is 0 Å². The molecule has 6 heteroatoms. The maximum absolute atomic E-state index is 10.9. The zero-order valence-electron chi connectivity index (χ0n) is 9.37. The normalized spacial score (nSPS) is 12.4. The number of carbonyl (C=O) groups excluding carboxylic acids is 1. The van der Waals surface area contributed by atoms with E-state index < -0.39 is 5.91 Å². The van der Waals surface area contributed by atoms with Gasteiger partial charge in [0.25, 0.3) is 5.91 Å². The van der Waals surface area contributed by atoms with Gasteiger partial charge in [-0.3, -0.25) is 4.79 Å². The number of hydrogen-bond acceptors (Lipinski definition) is 4. The van der Waals surface area contributed by atoms with Crippen molar-refractivity contribution in [3.8, 4) is 5.82 Å². The molecule has 0 saturated carbocycles. The maximum atomic E-state index is 10.9. The first-order chi connectivity index (χ1) is 8.08. The molecule has 0 saturated heterocycles. The molecule has 2 aromatic heterocycles. The van der Waals surface area contributed by atoms with E-state index in [4.69, 9.17) is 11.5 Å². The van der Waals surface area contributed by atoms with Gasteiger partial charge < -0.3 is 11.5 Å². The van der Waals surface area contributed by atoms with Crippen LogP contribution in [-0.2, 0) is 0 Å². The highest BCUT2D eigenvalue weighted by atomic mass is 16.1. The Morgan fingerprint density at radius 2 is 2.18 bits per heavy atom. The maximum Gasteiger partial charge on any atom is 0.251 e. The standard InChI is InChI=1S/C11H13N5O/c1-7(12)8-2-3-10(14-4-8)16-6-9(5-15-16)11(13)17/h2-7H,12H2,1H3,(H2,13,17). The number of carbonyl (C=O) groups is 1. The van der Waals surface area contributed by atoms with Gasteiger partial charge in [-0.05, 0) is 18.6 Å². The summed E-state index contributed by atoms with van der Waals surface area (Å²) in [5.74, 6) is 0.102. The molecule has 0 radical (unpaired) electrons. The van der Waals surface area contributed by atoms with Crippen molar-refractivity contribution in [3.05, 3.63) is 41.9 Å². The Kier molecular flexibility index (Phi) is 2.88. The first kappa shape index (κ1) is 11.3. The molecule has 0 spiro atoms. The van der Waals surface area contributed by atoms with Crippen LogP contribution in [-0.4, -0.2) is 20.7 Å². The van der Waals surface area contributed by atoms with Gasteiger partial charge in [0.1, 0.15) is 0 Å². The van der Waals surface area contributed by atoms with Crippen LogP contribution in [0.3, 0.4) is 0 Å². The van der Waals surface area contributed by atoms with Crippen molar-refractivity contribution in [3.63, 3.8) is 0 Å². The fraction of sp³-hybridized carbons (Fsp3) is 0.182. The number of hydrogen-bond donors (Lipinski definition) is 2. The van der Waals surface area contributed by atoms with Gasteiger partial charge in [-0.15, -0.1) is 0 Å². The predicted molar refractivity (Wildman–Crippen MR) is 62.5 cm³/mol. The van der Waals surface area contributed by atoms with Gasteiger partial charge in [-0.25, -0.2) is 9.67 Å². The molecule has 88 valence electrons. The molecule has 0 bridgehead atoms. The number of pyridine rings is 1. The Labute approximate surface area is 98.3 Å². The van der Waals surface area contributed by atoms with Crippen LogP contribution in [0.2, 0.25) is 0 Å². The zero-order valence-corrected chi connectivity index (χ0v) is 9.37. The molecule has 0 aliphatic heterocycles. The quantitative estimate of drug-likeness (QED) is 0.797. The molecule has 0 aliphatic carbocycles. The van der Waals surface area contributed by atoms with Crippen LogP contribution in [0.15, 0.2) is 30.7 Å². The first-order valence-corrected chi connectivity index (χ1v) is 5.14. The van der Waals surface area contributed by atoms with Gasteiger partial charge in [0.15, 0.2) is 5.82 Å². The predicted octanol–water partition coefficient (Wildman–Crippen LogP) is 0.386. The monoisotopic (exact) mass is 231 g/mol. The largest absolute Gasteiger partial charge is 0.366 e. The molecule has 0 aromatic carbocycles. The van der Waals surface area contributed by atoms with Crippen molar-refractivity contribution in [1.82, 2.24) is 14.8 Å². The van der Waals surface area contributed by atoms with Crippen LogP contribution >= 0.6 is 0 Å². The lowest BCUT2D eigenvalue weighted by molar-refractivity contribution is 0.100. The van der Waals surface area contributed by atoms with Crippen molar-refractivity contribution in [2.75, 3.05) is 0 Å². The summed E-state index contributed by atoms with van der Waals surface area (Å²) in [4.78, 5) is 15.1. The van der Waals surface area contributed by atoms with E-state index in [9.17, 15) is 4.79 Å². The summed E-state index contributed by atoms with van der Waals surface area (Å²) in [6.45, 7) is 1.88. The number of nitrogens with two attached hydrogens (primary N) is 2. The number of nitrogens with zero attached hydrogens (tertiary/aromatic N) is 3. The fourth-order valence-corrected chi connectivity index (χ4v) is 1.38. The molecule has 2 heterocycles. The van der Waals surface area contributed by atoms with Gasteiger partial charge in [0.2, 0.25) is 0 Å². The molecule has 2 aromatic rings. The zero-order chi connectivity index (χ0) is 12.4. The minimum Gasteiger partial charge on any atom is -0.366 e. The second-order valence-electron chi connectivity index (χ2n) is 3.78. The molecular weight excluding hydrogens is 218 g/mol. The van der Waals surface area contributed by atoms with Crippen LogP contribution in [0.5, 0.6) is 0 Å². The third-order valence-electron chi connectivity index (χ3n) is 2.40.